The van der Waals surface area contributed by atoms with Crippen molar-refractivity contribution >= 4 is 11.0 Å². The van der Waals surface area contributed by atoms with E-state index < -0.39 is 0 Å². The molecule has 4 heterocycles. The molecule has 1 fully saturated rings. The SMILES string of the molecule is Fc1ccc2nc(C3CCN(Cc4ccc(-c5ncc(-c6cnn[nH]6)cc5-c5ccccc5)cc4)CC3)[nH]c2c1. The second-order valence-electron chi connectivity index (χ2n) is 10.4. The largest absolute Gasteiger partial charge is 0.342 e. The Balaban J connectivity index is 1.06. The van der Waals surface area contributed by atoms with Gasteiger partial charge in [-0.05, 0) is 61.3 Å². The molecule has 40 heavy (non-hydrogen) atoms. The number of aromatic amines is 2. The first-order valence-corrected chi connectivity index (χ1v) is 13.6. The van der Waals surface area contributed by atoms with Gasteiger partial charge in [0.25, 0.3) is 0 Å². The fraction of sp³-hybridized carbons (Fsp3) is 0.188. The molecule has 0 radical (unpaired) electrons. The van der Waals surface area contributed by atoms with Gasteiger partial charge in [0, 0.05) is 35.3 Å². The van der Waals surface area contributed by atoms with Crippen molar-refractivity contribution in [2.24, 2.45) is 0 Å². The van der Waals surface area contributed by atoms with Gasteiger partial charge >= 0.3 is 0 Å². The zero-order chi connectivity index (χ0) is 26.9. The summed E-state index contributed by atoms with van der Waals surface area (Å²) in [6.45, 7) is 2.91. The summed E-state index contributed by atoms with van der Waals surface area (Å²) in [4.78, 5) is 15.4. The Labute approximate surface area is 231 Å². The van der Waals surface area contributed by atoms with E-state index in [1.807, 2.05) is 24.4 Å². The Morgan fingerprint density at radius 2 is 1.68 bits per heavy atom. The molecule has 6 aromatic rings. The number of piperidine rings is 1. The molecule has 0 amide bonds. The quantitative estimate of drug-likeness (QED) is 0.254. The number of fused-ring (bicyclic) bond motifs is 1. The third kappa shape index (κ3) is 4.89. The minimum Gasteiger partial charge on any atom is -0.342 e. The summed E-state index contributed by atoms with van der Waals surface area (Å²) in [5.41, 5.74) is 8.87. The Morgan fingerprint density at radius 3 is 2.45 bits per heavy atom. The first-order chi connectivity index (χ1) is 19.7. The predicted octanol–water partition coefficient (Wildman–Crippen LogP) is 6.60. The molecule has 2 N–H and O–H groups in total. The Kier molecular flexibility index (Phi) is 6.37. The first-order valence-electron chi connectivity index (χ1n) is 13.6. The van der Waals surface area contributed by atoms with Gasteiger partial charge in [-0.1, -0.05) is 59.8 Å². The van der Waals surface area contributed by atoms with E-state index >= 15 is 0 Å². The fourth-order valence-electron chi connectivity index (χ4n) is 5.60. The zero-order valence-corrected chi connectivity index (χ0v) is 21.9. The molecule has 3 aromatic carbocycles. The summed E-state index contributed by atoms with van der Waals surface area (Å²) < 4.78 is 13.6. The lowest BCUT2D eigenvalue weighted by atomic mass is 9.95. The molecule has 1 aliphatic heterocycles. The molecule has 198 valence electrons. The van der Waals surface area contributed by atoms with Crippen LogP contribution in [0.4, 0.5) is 4.39 Å². The van der Waals surface area contributed by atoms with E-state index in [0.717, 1.165) is 83.0 Å². The smallest absolute Gasteiger partial charge is 0.125 e. The number of hydrogen-bond donors (Lipinski definition) is 2. The number of halogens is 1. The van der Waals surface area contributed by atoms with Crippen LogP contribution in [0.3, 0.4) is 0 Å². The van der Waals surface area contributed by atoms with Crippen LogP contribution in [-0.4, -0.2) is 48.4 Å². The molecule has 3 aromatic heterocycles. The predicted molar refractivity (Wildman–Crippen MR) is 154 cm³/mol. The number of nitrogens with zero attached hydrogens (tertiary/aromatic N) is 5. The maximum Gasteiger partial charge on any atom is 0.125 e. The summed E-state index contributed by atoms with van der Waals surface area (Å²) in [6, 6.07) is 26.0. The lowest BCUT2D eigenvalue weighted by Crippen LogP contribution is -2.32. The van der Waals surface area contributed by atoms with E-state index in [0.29, 0.717) is 5.92 Å². The van der Waals surface area contributed by atoms with Crippen LogP contribution in [0.15, 0.2) is 91.3 Å². The van der Waals surface area contributed by atoms with E-state index in [9.17, 15) is 4.39 Å². The van der Waals surface area contributed by atoms with Crippen LogP contribution < -0.4 is 0 Å². The highest BCUT2D eigenvalue weighted by Gasteiger charge is 2.23. The van der Waals surface area contributed by atoms with Crippen LogP contribution >= 0.6 is 0 Å². The number of imidazole rings is 1. The molecule has 8 heteroatoms. The van der Waals surface area contributed by atoms with Gasteiger partial charge in [0.05, 0.1) is 28.6 Å². The van der Waals surface area contributed by atoms with E-state index in [-0.39, 0.29) is 5.82 Å². The average molecular weight is 530 g/mol. The molecule has 1 aliphatic rings. The minimum absolute atomic E-state index is 0.237. The van der Waals surface area contributed by atoms with Crippen LogP contribution in [0, 0.1) is 5.82 Å². The highest BCUT2D eigenvalue weighted by Crippen LogP contribution is 2.34. The molecule has 7 rings (SSSR count). The van der Waals surface area contributed by atoms with Crippen molar-refractivity contribution in [3.63, 3.8) is 0 Å². The van der Waals surface area contributed by atoms with Crippen LogP contribution in [0.5, 0.6) is 0 Å². The number of nitrogens with one attached hydrogen (secondary N) is 2. The second-order valence-corrected chi connectivity index (χ2v) is 10.4. The highest BCUT2D eigenvalue weighted by molar-refractivity contribution is 5.83. The van der Waals surface area contributed by atoms with Gasteiger partial charge in [0.15, 0.2) is 0 Å². The lowest BCUT2D eigenvalue weighted by Gasteiger charge is -2.31. The number of hydrogen-bond acceptors (Lipinski definition) is 5. The van der Waals surface area contributed by atoms with Crippen molar-refractivity contribution in [2.75, 3.05) is 13.1 Å². The van der Waals surface area contributed by atoms with Crippen LogP contribution in [0.1, 0.15) is 30.1 Å². The number of pyridine rings is 1. The van der Waals surface area contributed by atoms with Crippen LogP contribution in [0.2, 0.25) is 0 Å². The van der Waals surface area contributed by atoms with Crippen LogP contribution in [-0.2, 0) is 6.54 Å². The third-order valence-corrected chi connectivity index (χ3v) is 7.77. The molecule has 7 nitrogen and oxygen atoms in total. The number of benzene rings is 3. The number of aromatic nitrogens is 6. The number of H-pyrrole nitrogens is 2. The van der Waals surface area contributed by atoms with Crippen LogP contribution in [0.25, 0.3) is 44.7 Å². The Morgan fingerprint density at radius 1 is 0.850 bits per heavy atom. The fourth-order valence-corrected chi connectivity index (χ4v) is 5.60. The summed E-state index contributed by atoms with van der Waals surface area (Å²) in [5.74, 6) is 1.11. The molecule has 0 saturated carbocycles. The van der Waals surface area contributed by atoms with E-state index in [1.54, 1.807) is 12.3 Å². The van der Waals surface area contributed by atoms with Crippen molar-refractivity contribution < 1.29 is 4.39 Å². The van der Waals surface area contributed by atoms with E-state index in [1.165, 1.54) is 17.7 Å². The summed E-state index contributed by atoms with van der Waals surface area (Å²) in [5, 5.41) is 10.7. The monoisotopic (exact) mass is 529 g/mol. The second kappa shape index (κ2) is 10.5. The molecule has 0 aliphatic carbocycles. The number of likely N-dealkylation sites (tertiary alicyclic amines) is 1. The Bertz CT molecular complexity index is 1740. The van der Waals surface area contributed by atoms with Crippen molar-refractivity contribution in [1.82, 2.24) is 35.3 Å². The summed E-state index contributed by atoms with van der Waals surface area (Å²) in [6.07, 6.45) is 5.64. The average Bonchev–Trinajstić information content (AvgIpc) is 3.69. The van der Waals surface area contributed by atoms with Gasteiger partial charge in [-0.2, -0.15) is 0 Å². The van der Waals surface area contributed by atoms with Crippen molar-refractivity contribution in [3.8, 4) is 33.6 Å². The molecule has 1 saturated heterocycles. The van der Waals surface area contributed by atoms with Crippen molar-refractivity contribution in [3.05, 3.63) is 108 Å². The standard InChI is InChI=1S/C32H28FN7/c33-26-10-11-28-29(17-26)37-32(36-28)24-12-14-40(15-13-24)20-21-6-8-23(9-7-21)31-27(22-4-2-1-3-5-22)16-25(18-34-31)30-19-35-39-38-30/h1-11,16-19,24H,12-15,20H2,(H,36,37)(H,35,38,39). The topological polar surface area (TPSA) is 86.4 Å². The van der Waals surface area contributed by atoms with Gasteiger partial charge < -0.3 is 4.98 Å². The van der Waals surface area contributed by atoms with E-state index in [2.05, 4.69) is 67.8 Å². The third-order valence-electron chi connectivity index (χ3n) is 7.77. The van der Waals surface area contributed by atoms with Gasteiger partial charge in [0.1, 0.15) is 11.6 Å². The van der Waals surface area contributed by atoms with Crippen molar-refractivity contribution in [1.29, 1.82) is 0 Å². The molecule has 0 spiro atoms. The summed E-state index contributed by atoms with van der Waals surface area (Å²) in [7, 11) is 0. The maximum absolute atomic E-state index is 13.6. The zero-order valence-electron chi connectivity index (χ0n) is 21.9. The first kappa shape index (κ1) is 24.4. The molecular formula is C32H28FN7. The molecule has 0 bridgehead atoms. The van der Waals surface area contributed by atoms with Gasteiger partial charge in [-0.3, -0.25) is 15.0 Å². The molecular weight excluding hydrogens is 501 g/mol. The molecule has 0 unspecified atom stereocenters. The van der Waals surface area contributed by atoms with Gasteiger partial charge in [-0.25, -0.2) is 9.37 Å². The highest BCUT2D eigenvalue weighted by atomic mass is 19.1. The lowest BCUT2D eigenvalue weighted by molar-refractivity contribution is 0.202. The van der Waals surface area contributed by atoms with Crippen molar-refractivity contribution in [2.45, 2.75) is 25.3 Å². The van der Waals surface area contributed by atoms with Gasteiger partial charge in [0.2, 0.25) is 0 Å². The normalized spacial score (nSPS) is 14.6. The minimum atomic E-state index is -0.237. The Hall–Kier alpha value is -4.69. The molecule has 0 atom stereocenters. The summed E-state index contributed by atoms with van der Waals surface area (Å²) >= 11 is 0. The van der Waals surface area contributed by atoms with E-state index in [4.69, 9.17) is 9.97 Å². The maximum atomic E-state index is 13.6. The van der Waals surface area contributed by atoms with Gasteiger partial charge in [-0.15, -0.1) is 5.10 Å². The number of rotatable bonds is 6.